The first-order valence-electron chi connectivity index (χ1n) is 6.48. The Bertz CT molecular complexity index is 774. The first kappa shape index (κ1) is 16.7. The van der Waals surface area contributed by atoms with Gasteiger partial charge in [0.25, 0.3) is 0 Å². The molecule has 0 radical (unpaired) electrons. The summed E-state index contributed by atoms with van der Waals surface area (Å²) in [5.41, 5.74) is 1.56. The van der Waals surface area contributed by atoms with Crippen LogP contribution in [0.25, 0.3) is 0 Å². The molecule has 0 aliphatic rings. The summed E-state index contributed by atoms with van der Waals surface area (Å²) in [6.07, 6.45) is 0. The number of nitrogens with one attached hydrogen (secondary N) is 2. The highest BCUT2D eigenvalue weighted by Gasteiger charge is 2.15. The van der Waals surface area contributed by atoms with Crippen LogP contribution in [-0.4, -0.2) is 20.9 Å². The minimum Gasteiger partial charge on any atom is -0.325 e. The highest BCUT2D eigenvalue weighted by molar-refractivity contribution is 9.10. The largest absolute Gasteiger partial charge is 0.325 e. The summed E-state index contributed by atoms with van der Waals surface area (Å²) in [6.45, 7) is 1.54. The zero-order chi connectivity index (χ0) is 16.2. The summed E-state index contributed by atoms with van der Waals surface area (Å²) >= 11 is 3.30. The molecule has 0 spiro atoms. The number of rotatable bonds is 5. The third-order valence-corrected chi connectivity index (χ3v) is 4.77. The lowest BCUT2D eigenvalue weighted by atomic mass is 10.2. The van der Waals surface area contributed by atoms with Gasteiger partial charge in [-0.3, -0.25) is 4.79 Å². The Kier molecular flexibility index (Phi) is 5.33. The Morgan fingerprint density at radius 2 is 1.82 bits per heavy atom. The molecule has 0 aliphatic carbocycles. The van der Waals surface area contributed by atoms with Crippen LogP contribution in [0.4, 0.5) is 5.69 Å². The first-order chi connectivity index (χ1) is 10.4. The molecule has 2 aromatic rings. The molecule has 0 heterocycles. The van der Waals surface area contributed by atoms with Gasteiger partial charge in [0, 0.05) is 10.2 Å². The molecule has 0 fully saturated rings. The van der Waals surface area contributed by atoms with E-state index in [9.17, 15) is 13.2 Å². The van der Waals surface area contributed by atoms with Gasteiger partial charge in [-0.15, -0.1) is 0 Å². The first-order valence-corrected chi connectivity index (χ1v) is 8.76. The Morgan fingerprint density at radius 1 is 1.14 bits per heavy atom. The molecule has 0 atom stereocenters. The van der Waals surface area contributed by atoms with E-state index in [0.29, 0.717) is 5.69 Å². The van der Waals surface area contributed by atoms with Crippen LogP contribution in [0.2, 0.25) is 0 Å². The van der Waals surface area contributed by atoms with Crippen LogP contribution in [0.1, 0.15) is 5.56 Å². The second-order valence-corrected chi connectivity index (χ2v) is 7.38. The zero-order valence-electron chi connectivity index (χ0n) is 11.8. The third-order valence-electron chi connectivity index (χ3n) is 2.86. The van der Waals surface area contributed by atoms with Crippen molar-refractivity contribution in [2.75, 3.05) is 11.9 Å². The quantitative estimate of drug-likeness (QED) is 0.834. The van der Waals surface area contributed by atoms with Gasteiger partial charge in [-0.05, 0) is 37.3 Å². The van der Waals surface area contributed by atoms with Crippen molar-refractivity contribution in [1.82, 2.24) is 4.72 Å². The van der Waals surface area contributed by atoms with E-state index in [1.165, 1.54) is 12.1 Å². The Balaban J connectivity index is 1.97. The molecule has 116 valence electrons. The van der Waals surface area contributed by atoms with Crippen LogP contribution in [-0.2, 0) is 14.8 Å². The fraction of sp³-hybridized carbons (Fsp3) is 0.133. The monoisotopic (exact) mass is 382 g/mol. The minimum atomic E-state index is -3.69. The summed E-state index contributed by atoms with van der Waals surface area (Å²) in [5.74, 6) is -0.436. The maximum Gasteiger partial charge on any atom is 0.241 e. The van der Waals surface area contributed by atoms with Gasteiger partial charge < -0.3 is 5.32 Å². The second kappa shape index (κ2) is 7.04. The fourth-order valence-electron chi connectivity index (χ4n) is 1.73. The number of sulfonamides is 1. The van der Waals surface area contributed by atoms with E-state index in [0.717, 1.165) is 10.0 Å². The van der Waals surface area contributed by atoms with E-state index in [2.05, 4.69) is 26.0 Å². The summed E-state index contributed by atoms with van der Waals surface area (Å²) in [4.78, 5) is 11.9. The molecule has 22 heavy (non-hydrogen) atoms. The standard InChI is InChI=1S/C15H15BrN2O3S/c1-11-5-7-14(8-6-11)22(20,21)17-10-15(19)18-13-4-2-3-12(16)9-13/h2-9,17H,10H2,1H3,(H,18,19). The van der Waals surface area contributed by atoms with Crippen LogP contribution in [0.3, 0.4) is 0 Å². The van der Waals surface area contributed by atoms with Crippen LogP contribution in [0.5, 0.6) is 0 Å². The molecular weight excluding hydrogens is 368 g/mol. The number of hydrogen-bond donors (Lipinski definition) is 2. The van der Waals surface area contributed by atoms with Crippen molar-refractivity contribution >= 4 is 37.5 Å². The number of halogens is 1. The molecule has 2 aromatic carbocycles. The molecular formula is C15H15BrN2O3S. The van der Waals surface area contributed by atoms with E-state index in [4.69, 9.17) is 0 Å². The van der Waals surface area contributed by atoms with Gasteiger partial charge >= 0.3 is 0 Å². The molecule has 0 saturated carbocycles. The van der Waals surface area contributed by atoms with E-state index < -0.39 is 15.9 Å². The predicted molar refractivity (Wildman–Crippen MR) is 89.1 cm³/mol. The van der Waals surface area contributed by atoms with Crippen LogP contribution < -0.4 is 10.0 Å². The van der Waals surface area contributed by atoms with Crippen LogP contribution in [0.15, 0.2) is 57.9 Å². The maximum absolute atomic E-state index is 12.1. The van der Waals surface area contributed by atoms with Gasteiger partial charge in [-0.2, -0.15) is 0 Å². The van der Waals surface area contributed by atoms with E-state index in [-0.39, 0.29) is 11.4 Å². The minimum absolute atomic E-state index is 0.133. The van der Waals surface area contributed by atoms with Gasteiger partial charge in [0.1, 0.15) is 0 Å². The number of carbonyl (C=O) groups is 1. The summed E-state index contributed by atoms with van der Waals surface area (Å²) in [5, 5.41) is 2.62. The van der Waals surface area contributed by atoms with Crippen LogP contribution >= 0.6 is 15.9 Å². The normalized spacial score (nSPS) is 11.2. The van der Waals surface area contributed by atoms with Gasteiger partial charge in [0.05, 0.1) is 11.4 Å². The molecule has 2 rings (SSSR count). The van der Waals surface area contributed by atoms with Crippen LogP contribution in [0, 0.1) is 6.92 Å². The lowest BCUT2D eigenvalue weighted by molar-refractivity contribution is -0.115. The molecule has 0 aromatic heterocycles. The number of aryl methyl sites for hydroxylation is 1. The van der Waals surface area contributed by atoms with Crippen molar-refractivity contribution < 1.29 is 13.2 Å². The SMILES string of the molecule is Cc1ccc(S(=O)(=O)NCC(=O)Nc2cccc(Br)c2)cc1. The Labute approximate surface area is 137 Å². The molecule has 2 N–H and O–H groups in total. The van der Waals surface area contributed by atoms with Gasteiger partial charge in [0.15, 0.2) is 0 Å². The molecule has 0 saturated heterocycles. The summed E-state index contributed by atoms with van der Waals surface area (Å²) in [7, 11) is -3.69. The van der Waals surface area contributed by atoms with Gasteiger partial charge in [-0.25, -0.2) is 13.1 Å². The second-order valence-electron chi connectivity index (χ2n) is 4.70. The predicted octanol–water partition coefficient (Wildman–Crippen LogP) is 2.67. The average Bonchev–Trinajstić information content (AvgIpc) is 2.46. The maximum atomic E-state index is 12.1. The zero-order valence-corrected chi connectivity index (χ0v) is 14.2. The Hall–Kier alpha value is -1.70. The number of amides is 1. The topological polar surface area (TPSA) is 75.3 Å². The van der Waals surface area contributed by atoms with E-state index >= 15 is 0 Å². The number of hydrogen-bond acceptors (Lipinski definition) is 3. The third kappa shape index (κ3) is 4.66. The number of benzene rings is 2. The number of carbonyl (C=O) groups excluding carboxylic acids is 1. The van der Waals surface area contributed by atoms with Gasteiger partial charge in [-0.1, -0.05) is 39.7 Å². The molecule has 0 unspecified atom stereocenters. The lowest BCUT2D eigenvalue weighted by Crippen LogP contribution is -2.32. The highest BCUT2D eigenvalue weighted by atomic mass is 79.9. The average molecular weight is 383 g/mol. The smallest absolute Gasteiger partial charge is 0.241 e. The Morgan fingerprint density at radius 3 is 2.45 bits per heavy atom. The molecule has 1 amide bonds. The van der Waals surface area contributed by atoms with Crippen molar-refractivity contribution in [3.63, 3.8) is 0 Å². The van der Waals surface area contributed by atoms with E-state index in [1.807, 2.05) is 13.0 Å². The molecule has 0 bridgehead atoms. The van der Waals surface area contributed by atoms with Crippen molar-refractivity contribution in [2.24, 2.45) is 0 Å². The highest BCUT2D eigenvalue weighted by Crippen LogP contribution is 2.15. The molecule has 0 aliphatic heterocycles. The summed E-state index contributed by atoms with van der Waals surface area (Å²) in [6, 6.07) is 13.5. The lowest BCUT2D eigenvalue weighted by Gasteiger charge is -2.08. The molecule has 7 heteroatoms. The van der Waals surface area contributed by atoms with Crippen molar-refractivity contribution in [3.8, 4) is 0 Å². The van der Waals surface area contributed by atoms with E-state index in [1.54, 1.807) is 30.3 Å². The van der Waals surface area contributed by atoms with Crippen molar-refractivity contribution in [1.29, 1.82) is 0 Å². The number of anilines is 1. The summed E-state index contributed by atoms with van der Waals surface area (Å²) < 4.78 is 27.2. The fourth-order valence-corrected chi connectivity index (χ4v) is 3.11. The van der Waals surface area contributed by atoms with Crippen molar-refractivity contribution in [3.05, 3.63) is 58.6 Å². The van der Waals surface area contributed by atoms with Gasteiger partial charge in [0.2, 0.25) is 15.9 Å². The van der Waals surface area contributed by atoms with Crippen molar-refractivity contribution in [2.45, 2.75) is 11.8 Å². The molecule has 5 nitrogen and oxygen atoms in total.